The zero-order valence-electron chi connectivity index (χ0n) is 18.4. The fraction of sp³-hybridized carbons (Fsp3) is 0.240. The van der Waals surface area contributed by atoms with E-state index in [1.165, 1.54) is 0 Å². The first kappa shape index (κ1) is 23.1. The average molecular weight is 436 g/mol. The summed E-state index contributed by atoms with van der Waals surface area (Å²) >= 11 is 0. The number of nitrogens with zero attached hydrogens (tertiary/aromatic N) is 1. The zero-order valence-corrected chi connectivity index (χ0v) is 18.4. The number of nitrogens with two attached hydrogens (primary N) is 1. The number of methoxy groups -OCH3 is 2. The van der Waals surface area contributed by atoms with E-state index < -0.39 is 0 Å². The van der Waals surface area contributed by atoms with E-state index in [4.69, 9.17) is 15.2 Å². The van der Waals surface area contributed by atoms with E-state index in [1.54, 1.807) is 38.5 Å². The van der Waals surface area contributed by atoms with Crippen LogP contribution in [0.2, 0.25) is 0 Å². The SMILES string of the molecule is COc1ccc(CN(CCO)Cc2ccc(C(=O)Nc3ccccc3N)cc2)cc1OC. The molecule has 0 aliphatic heterocycles. The molecular formula is C25H29N3O4. The van der Waals surface area contributed by atoms with Crippen LogP contribution in [0, 0.1) is 0 Å². The number of ether oxygens (including phenoxy) is 2. The standard InChI is InChI=1S/C25H29N3O4/c1-31-23-12-9-19(15-24(23)32-2)17-28(13-14-29)16-18-7-10-20(11-8-18)25(30)27-22-6-4-3-5-21(22)26/h3-12,15,29H,13-14,16-17,26H2,1-2H3,(H,27,30). The predicted molar refractivity (Wildman–Crippen MR) is 126 cm³/mol. The van der Waals surface area contributed by atoms with Crippen molar-refractivity contribution in [2.45, 2.75) is 13.1 Å². The van der Waals surface area contributed by atoms with Gasteiger partial charge in [-0.05, 0) is 47.5 Å². The number of amides is 1. The number of carbonyl (C=O) groups is 1. The Morgan fingerprint density at radius 1 is 0.938 bits per heavy atom. The lowest BCUT2D eigenvalue weighted by atomic mass is 10.1. The number of benzene rings is 3. The van der Waals surface area contributed by atoms with E-state index in [0.29, 0.717) is 48.1 Å². The van der Waals surface area contributed by atoms with Crippen LogP contribution in [0.1, 0.15) is 21.5 Å². The van der Waals surface area contributed by atoms with Crippen LogP contribution in [0.25, 0.3) is 0 Å². The molecule has 0 spiro atoms. The van der Waals surface area contributed by atoms with Crippen molar-refractivity contribution in [3.63, 3.8) is 0 Å². The van der Waals surface area contributed by atoms with Crippen molar-refractivity contribution in [1.82, 2.24) is 4.90 Å². The Morgan fingerprint density at radius 3 is 2.25 bits per heavy atom. The Bertz CT molecular complexity index is 1040. The quantitative estimate of drug-likeness (QED) is 0.422. The summed E-state index contributed by atoms with van der Waals surface area (Å²) in [7, 11) is 3.21. The van der Waals surface area contributed by atoms with Crippen LogP contribution in [-0.2, 0) is 13.1 Å². The highest BCUT2D eigenvalue weighted by Crippen LogP contribution is 2.28. The smallest absolute Gasteiger partial charge is 0.255 e. The van der Waals surface area contributed by atoms with Crippen LogP contribution in [0.3, 0.4) is 0 Å². The second kappa shape index (κ2) is 11.2. The second-order valence-corrected chi connectivity index (χ2v) is 7.36. The lowest BCUT2D eigenvalue weighted by molar-refractivity contribution is 0.102. The van der Waals surface area contributed by atoms with Crippen molar-refractivity contribution in [1.29, 1.82) is 0 Å². The molecule has 0 saturated carbocycles. The lowest BCUT2D eigenvalue weighted by Gasteiger charge is -2.22. The van der Waals surface area contributed by atoms with Crippen LogP contribution in [0.15, 0.2) is 66.7 Å². The summed E-state index contributed by atoms with van der Waals surface area (Å²) in [5, 5.41) is 12.3. The summed E-state index contributed by atoms with van der Waals surface area (Å²) in [6.45, 7) is 1.83. The van der Waals surface area contributed by atoms with Gasteiger partial charge in [-0.15, -0.1) is 0 Å². The first-order chi connectivity index (χ1) is 15.5. The van der Waals surface area contributed by atoms with Gasteiger partial charge in [0.05, 0.1) is 32.2 Å². The molecule has 0 aliphatic carbocycles. The molecule has 0 atom stereocenters. The van der Waals surface area contributed by atoms with Crippen LogP contribution in [0.5, 0.6) is 11.5 Å². The van der Waals surface area contributed by atoms with Crippen LogP contribution in [-0.4, -0.2) is 43.3 Å². The van der Waals surface area contributed by atoms with Gasteiger partial charge in [-0.2, -0.15) is 0 Å². The van der Waals surface area contributed by atoms with Gasteiger partial charge in [0.15, 0.2) is 11.5 Å². The Morgan fingerprint density at radius 2 is 1.59 bits per heavy atom. The predicted octanol–water partition coefficient (Wildman–Crippen LogP) is 3.53. The summed E-state index contributed by atoms with van der Waals surface area (Å²) in [4.78, 5) is 14.6. The molecule has 3 rings (SSSR count). The zero-order chi connectivity index (χ0) is 22.9. The summed E-state index contributed by atoms with van der Waals surface area (Å²) in [6.07, 6.45) is 0. The Balaban J connectivity index is 1.66. The first-order valence-corrected chi connectivity index (χ1v) is 10.3. The third-order valence-corrected chi connectivity index (χ3v) is 5.10. The van der Waals surface area contributed by atoms with Crippen LogP contribution < -0.4 is 20.5 Å². The van der Waals surface area contributed by atoms with Gasteiger partial charge in [0.2, 0.25) is 0 Å². The largest absolute Gasteiger partial charge is 0.493 e. The van der Waals surface area contributed by atoms with E-state index in [-0.39, 0.29) is 12.5 Å². The van der Waals surface area contributed by atoms with Crippen molar-refractivity contribution in [2.24, 2.45) is 0 Å². The number of hydrogen-bond donors (Lipinski definition) is 3. The lowest BCUT2D eigenvalue weighted by Crippen LogP contribution is -2.26. The summed E-state index contributed by atoms with van der Waals surface area (Å²) in [5.41, 5.74) is 9.64. The molecule has 0 saturated heterocycles. The van der Waals surface area contributed by atoms with Crippen molar-refractivity contribution in [2.75, 3.05) is 38.4 Å². The number of aliphatic hydroxyl groups is 1. The maximum Gasteiger partial charge on any atom is 0.255 e. The van der Waals surface area contributed by atoms with Crippen LogP contribution >= 0.6 is 0 Å². The normalized spacial score (nSPS) is 10.8. The summed E-state index contributed by atoms with van der Waals surface area (Å²) in [5.74, 6) is 1.13. The van der Waals surface area contributed by atoms with Gasteiger partial charge in [0.1, 0.15) is 0 Å². The summed E-state index contributed by atoms with van der Waals surface area (Å²) in [6, 6.07) is 20.4. The number of anilines is 2. The van der Waals surface area contributed by atoms with E-state index in [1.807, 2.05) is 42.5 Å². The third-order valence-electron chi connectivity index (χ3n) is 5.10. The molecule has 7 heteroatoms. The van der Waals surface area contributed by atoms with E-state index >= 15 is 0 Å². The number of carbonyl (C=O) groups excluding carboxylic acids is 1. The second-order valence-electron chi connectivity index (χ2n) is 7.36. The number of para-hydroxylation sites is 2. The monoisotopic (exact) mass is 435 g/mol. The molecule has 4 N–H and O–H groups in total. The van der Waals surface area contributed by atoms with Gasteiger partial charge in [-0.25, -0.2) is 0 Å². The third kappa shape index (κ3) is 6.00. The fourth-order valence-corrected chi connectivity index (χ4v) is 3.42. The van der Waals surface area contributed by atoms with Crippen molar-refractivity contribution >= 4 is 17.3 Å². The molecular weight excluding hydrogens is 406 g/mol. The van der Waals surface area contributed by atoms with E-state index in [0.717, 1.165) is 11.1 Å². The molecule has 0 aromatic heterocycles. The Hall–Kier alpha value is -3.55. The molecule has 0 radical (unpaired) electrons. The Labute approximate surface area is 188 Å². The molecule has 0 unspecified atom stereocenters. The number of hydrogen-bond acceptors (Lipinski definition) is 6. The average Bonchev–Trinajstić information content (AvgIpc) is 2.81. The van der Waals surface area contributed by atoms with Crippen LogP contribution in [0.4, 0.5) is 11.4 Å². The molecule has 32 heavy (non-hydrogen) atoms. The highest BCUT2D eigenvalue weighted by atomic mass is 16.5. The number of aliphatic hydroxyl groups excluding tert-OH is 1. The molecule has 0 aliphatic rings. The van der Waals surface area contributed by atoms with Crippen molar-refractivity contribution in [3.8, 4) is 11.5 Å². The van der Waals surface area contributed by atoms with Gasteiger partial charge >= 0.3 is 0 Å². The van der Waals surface area contributed by atoms with E-state index in [2.05, 4.69) is 10.2 Å². The maximum atomic E-state index is 12.5. The maximum absolute atomic E-state index is 12.5. The van der Waals surface area contributed by atoms with Gasteiger partial charge in [-0.3, -0.25) is 9.69 Å². The molecule has 0 fully saturated rings. The minimum absolute atomic E-state index is 0.0479. The van der Waals surface area contributed by atoms with Gasteiger partial charge in [0.25, 0.3) is 5.91 Å². The highest BCUT2D eigenvalue weighted by Gasteiger charge is 2.12. The Kier molecular flexibility index (Phi) is 8.08. The number of nitrogens with one attached hydrogen (secondary N) is 1. The topological polar surface area (TPSA) is 97.1 Å². The minimum atomic E-state index is -0.216. The molecule has 168 valence electrons. The number of nitrogen functional groups attached to an aromatic ring is 1. The molecule has 3 aromatic rings. The molecule has 0 heterocycles. The van der Waals surface area contributed by atoms with E-state index in [9.17, 15) is 9.90 Å². The van der Waals surface area contributed by atoms with Crippen molar-refractivity contribution < 1.29 is 19.4 Å². The van der Waals surface area contributed by atoms with Gasteiger partial charge in [0, 0.05) is 25.2 Å². The molecule has 1 amide bonds. The highest BCUT2D eigenvalue weighted by molar-refractivity contribution is 6.05. The van der Waals surface area contributed by atoms with Crippen molar-refractivity contribution in [3.05, 3.63) is 83.4 Å². The molecule has 3 aromatic carbocycles. The van der Waals surface area contributed by atoms with Gasteiger partial charge < -0.3 is 25.6 Å². The minimum Gasteiger partial charge on any atom is -0.493 e. The number of rotatable bonds is 10. The molecule has 0 bridgehead atoms. The molecule has 7 nitrogen and oxygen atoms in total. The fourth-order valence-electron chi connectivity index (χ4n) is 3.42. The van der Waals surface area contributed by atoms with Gasteiger partial charge in [-0.1, -0.05) is 30.3 Å². The summed E-state index contributed by atoms with van der Waals surface area (Å²) < 4.78 is 10.7. The first-order valence-electron chi connectivity index (χ1n) is 10.3.